The van der Waals surface area contributed by atoms with Crippen molar-refractivity contribution in [2.45, 2.75) is 65.3 Å². The van der Waals surface area contributed by atoms with E-state index in [2.05, 4.69) is 0 Å². The summed E-state index contributed by atoms with van der Waals surface area (Å²) in [4.78, 5) is 23.0. The normalized spacial score (nSPS) is 29.0. The summed E-state index contributed by atoms with van der Waals surface area (Å²) in [6.07, 6.45) is -1.63. The molecule has 1 aliphatic heterocycles. The summed E-state index contributed by atoms with van der Waals surface area (Å²) >= 11 is 0. The van der Waals surface area contributed by atoms with Gasteiger partial charge in [-0.05, 0) is 12.0 Å². The van der Waals surface area contributed by atoms with E-state index in [-0.39, 0.29) is 12.0 Å². The van der Waals surface area contributed by atoms with Crippen LogP contribution in [0.5, 0.6) is 0 Å². The zero-order chi connectivity index (χ0) is 18.4. The molecule has 0 aliphatic carbocycles. The van der Waals surface area contributed by atoms with Gasteiger partial charge in [0.05, 0.1) is 12.7 Å². The highest BCUT2D eigenvalue weighted by molar-refractivity contribution is 5.67. The lowest BCUT2D eigenvalue weighted by atomic mass is 9.89. The van der Waals surface area contributed by atoms with Crippen molar-refractivity contribution in [3.05, 3.63) is 35.9 Å². The Bertz CT molecular complexity index is 573. The van der Waals surface area contributed by atoms with Crippen LogP contribution in [0.25, 0.3) is 0 Å². The van der Waals surface area contributed by atoms with Gasteiger partial charge in [-0.25, -0.2) is 0 Å². The van der Waals surface area contributed by atoms with Gasteiger partial charge in [0.2, 0.25) is 6.29 Å². The van der Waals surface area contributed by atoms with E-state index in [0.29, 0.717) is 6.61 Å². The first-order chi connectivity index (χ1) is 11.9. The summed E-state index contributed by atoms with van der Waals surface area (Å²) < 4.78 is 22.6. The summed E-state index contributed by atoms with van der Waals surface area (Å²) in [7, 11) is 0. The van der Waals surface area contributed by atoms with Gasteiger partial charge in [0, 0.05) is 19.8 Å². The molecule has 6 nitrogen and oxygen atoms in total. The molecule has 5 atom stereocenters. The molecule has 1 aromatic rings. The molecule has 1 fully saturated rings. The lowest BCUT2D eigenvalue weighted by Gasteiger charge is -2.44. The van der Waals surface area contributed by atoms with Gasteiger partial charge < -0.3 is 18.9 Å². The molecule has 0 saturated carbocycles. The Kier molecular flexibility index (Phi) is 6.96. The van der Waals surface area contributed by atoms with E-state index in [0.717, 1.165) is 12.0 Å². The van der Waals surface area contributed by atoms with E-state index in [9.17, 15) is 9.59 Å². The van der Waals surface area contributed by atoms with Gasteiger partial charge in [-0.1, -0.05) is 44.2 Å². The van der Waals surface area contributed by atoms with Crippen LogP contribution in [0.4, 0.5) is 0 Å². The molecule has 0 bridgehead atoms. The Morgan fingerprint density at radius 3 is 2.24 bits per heavy atom. The molecule has 0 radical (unpaired) electrons. The van der Waals surface area contributed by atoms with Crippen LogP contribution in [0.15, 0.2) is 30.3 Å². The van der Waals surface area contributed by atoms with Gasteiger partial charge in [-0.3, -0.25) is 9.59 Å². The van der Waals surface area contributed by atoms with Crippen LogP contribution in [-0.2, 0) is 35.1 Å². The van der Waals surface area contributed by atoms with Crippen LogP contribution >= 0.6 is 0 Å². The highest BCUT2D eigenvalue weighted by Gasteiger charge is 2.47. The summed E-state index contributed by atoms with van der Waals surface area (Å²) in [5.74, 6) is -0.987. The van der Waals surface area contributed by atoms with Crippen LogP contribution in [0.1, 0.15) is 39.7 Å². The first kappa shape index (κ1) is 19.4. The van der Waals surface area contributed by atoms with Crippen molar-refractivity contribution >= 4 is 11.9 Å². The molecular weight excluding hydrogens is 324 g/mol. The third kappa shape index (κ3) is 5.28. The third-order valence-corrected chi connectivity index (χ3v) is 4.28. The Hall–Kier alpha value is -1.92. The number of carbonyl (C=O) groups is 2. The zero-order valence-electron chi connectivity index (χ0n) is 15.1. The number of ether oxygens (including phenoxy) is 4. The van der Waals surface area contributed by atoms with E-state index in [1.54, 1.807) is 0 Å². The van der Waals surface area contributed by atoms with Crippen molar-refractivity contribution in [2.75, 3.05) is 0 Å². The number of esters is 2. The molecule has 2 rings (SSSR count). The molecule has 1 aliphatic rings. The van der Waals surface area contributed by atoms with Gasteiger partial charge in [0.1, 0.15) is 6.10 Å². The second-order valence-electron chi connectivity index (χ2n) is 6.25. The minimum atomic E-state index is -0.969. The Morgan fingerprint density at radius 1 is 1.04 bits per heavy atom. The summed E-state index contributed by atoms with van der Waals surface area (Å²) in [5.41, 5.74) is 1.01. The first-order valence-corrected chi connectivity index (χ1v) is 8.57. The highest BCUT2D eigenvalue weighted by Crippen LogP contribution is 2.33. The Balaban J connectivity index is 2.20. The van der Waals surface area contributed by atoms with Crippen LogP contribution < -0.4 is 0 Å². The minimum Gasteiger partial charge on any atom is -0.453 e. The van der Waals surface area contributed by atoms with Crippen molar-refractivity contribution in [2.24, 2.45) is 5.92 Å². The van der Waals surface area contributed by atoms with E-state index < -0.39 is 30.4 Å². The number of rotatable bonds is 6. The fourth-order valence-corrected chi connectivity index (χ4v) is 3.09. The molecule has 1 aromatic carbocycles. The standard InChI is InChI=1S/C19H26O6/c1-5-16-12(2)17(22-11-15-9-7-6-8-10-15)18(23-13(3)20)19(25-16)24-14(4)21/h6-10,12,16-19H,5,11H2,1-4H3/t12-,16-,17-,18+,19+/m1/s1. The largest absolute Gasteiger partial charge is 0.453 e. The van der Waals surface area contributed by atoms with E-state index in [4.69, 9.17) is 18.9 Å². The molecular formula is C19H26O6. The molecule has 25 heavy (non-hydrogen) atoms. The summed E-state index contributed by atoms with van der Waals surface area (Å²) in [6.45, 7) is 6.97. The number of hydrogen-bond donors (Lipinski definition) is 0. The second kappa shape index (κ2) is 8.97. The first-order valence-electron chi connectivity index (χ1n) is 8.57. The lowest BCUT2D eigenvalue weighted by Crippen LogP contribution is -2.57. The smallest absolute Gasteiger partial charge is 0.305 e. The van der Waals surface area contributed by atoms with Gasteiger partial charge >= 0.3 is 11.9 Å². The van der Waals surface area contributed by atoms with Gasteiger partial charge in [-0.15, -0.1) is 0 Å². The maximum atomic E-state index is 11.5. The maximum absolute atomic E-state index is 11.5. The monoisotopic (exact) mass is 350 g/mol. The van der Waals surface area contributed by atoms with Gasteiger partial charge in [-0.2, -0.15) is 0 Å². The summed E-state index contributed by atoms with van der Waals surface area (Å²) in [6, 6.07) is 9.74. The van der Waals surface area contributed by atoms with Crippen LogP contribution in [0.2, 0.25) is 0 Å². The van der Waals surface area contributed by atoms with Crippen molar-refractivity contribution < 1.29 is 28.5 Å². The Labute approximate surface area is 148 Å². The minimum absolute atomic E-state index is 0.0233. The third-order valence-electron chi connectivity index (χ3n) is 4.28. The maximum Gasteiger partial charge on any atom is 0.305 e. The van der Waals surface area contributed by atoms with Gasteiger partial charge in [0.25, 0.3) is 0 Å². The molecule has 0 spiro atoms. The number of hydrogen-bond acceptors (Lipinski definition) is 6. The second-order valence-corrected chi connectivity index (χ2v) is 6.25. The van der Waals surface area contributed by atoms with Crippen molar-refractivity contribution in [3.63, 3.8) is 0 Å². The average molecular weight is 350 g/mol. The van der Waals surface area contributed by atoms with Crippen LogP contribution in [-0.4, -0.2) is 36.5 Å². The van der Waals surface area contributed by atoms with Crippen molar-refractivity contribution in [1.82, 2.24) is 0 Å². The summed E-state index contributed by atoms with van der Waals surface area (Å²) in [5, 5.41) is 0. The molecule has 1 heterocycles. The fraction of sp³-hybridized carbons (Fsp3) is 0.579. The highest BCUT2D eigenvalue weighted by atomic mass is 16.7. The van der Waals surface area contributed by atoms with Gasteiger partial charge in [0.15, 0.2) is 6.10 Å². The number of benzene rings is 1. The predicted octanol–water partition coefficient (Wildman–Crippen LogP) is 2.84. The van der Waals surface area contributed by atoms with Crippen molar-refractivity contribution in [3.8, 4) is 0 Å². The average Bonchev–Trinajstić information content (AvgIpc) is 2.57. The fourth-order valence-electron chi connectivity index (χ4n) is 3.09. The molecule has 1 saturated heterocycles. The van der Waals surface area contributed by atoms with E-state index in [1.165, 1.54) is 13.8 Å². The van der Waals surface area contributed by atoms with Crippen LogP contribution in [0, 0.1) is 5.92 Å². The van der Waals surface area contributed by atoms with Crippen LogP contribution in [0.3, 0.4) is 0 Å². The molecule has 0 aromatic heterocycles. The molecule has 0 N–H and O–H groups in total. The molecule has 138 valence electrons. The van der Waals surface area contributed by atoms with E-state index in [1.807, 2.05) is 44.2 Å². The topological polar surface area (TPSA) is 71.1 Å². The molecule has 6 heteroatoms. The SMILES string of the molecule is CC[C@H]1O[C@H](OC(C)=O)[C@@H](OC(C)=O)[C@H](OCc2ccccc2)[C@@H]1C. The Morgan fingerprint density at radius 2 is 1.68 bits per heavy atom. The quantitative estimate of drug-likeness (QED) is 0.735. The number of carbonyl (C=O) groups excluding carboxylic acids is 2. The predicted molar refractivity (Wildman–Crippen MR) is 90.5 cm³/mol. The molecule has 0 amide bonds. The zero-order valence-corrected chi connectivity index (χ0v) is 15.1. The molecule has 0 unspecified atom stereocenters. The lowest BCUT2D eigenvalue weighted by molar-refractivity contribution is -0.287. The van der Waals surface area contributed by atoms with Crippen molar-refractivity contribution in [1.29, 1.82) is 0 Å². The van der Waals surface area contributed by atoms with E-state index >= 15 is 0 Å².